The summed E-state index contributed by atoms with van der Waals surface area (Å²) in [7, 11) is 0. The largest absolute Gasteiger partial charge is 0.476 e. The van der Waals surface area contributed by atoms with Crippen molar-refractivity contribution in [3.8, 4) is 34.0 Å². The maximum Gasteiger partial charge on any atom is 0.356 e. The maximum absolute atomic E-state index is 11.5. The zero-order valence-corrected chi connectivity index (χ0v) is 17.4. The molecule has 0 radical (unpaired) electrons. The lowest BCUT2D eigenvalue weighted by Crippen LogP contribution is -2.01. The molecule has 0 fully saturated rings. The first-order chi connectivity index (χ1) is 15.6. The summed E-state index contributed by atoms with van der Waals surface area (Å²) in [5.74, 6) is 0.341. The number of aromatic nitrogens is 3. The van der Waals surface area contributed by atoms with Gasteiger partial charge in [-0.15, -0.1) is 0 Å². The van der Waals surface area contributed by atoms with Crippen LogP contribution in [0.2, 0.25) is 5.02 Å². The number of carboxylic acid groups (broad SMARTS) is 1. The minimum absolute atomic E-state index is 0.0791. The van der Waals surface area contributed by atoms with Crippen molar-refractivity contribution in [2.45, 2.75) is 0 Å². The number of nitrogens with zero attached hydrogens (tertiary/aromatic N) is 3. The Morgan fingerprint density at radius 2 is 1.59 bits per heavy atom. The fraction of sp³-hybridized carbons (Fsp3) is 0. The molecule has 156 valence electrons. The molecule has 1 N–H and O–H groups in total. The third-order valence-electron chi connectivity index (χ3n) is 4.90. The van der Waals surface area contributed by atoms with E-state index in [1.54, 1.807) is 12.1 Å². The van der Waals surface area contributed by atoms with Crippen molar-refractivity contribution in [2.24, 2.45) is 0 Å². The molecular weight excluding hydrogens is 426 g/mol. The van der Waals surface area contributed by atoms with Crippen LogP contribution in [0.5, 0.6) is 11.5 Å². The van der Waals surface area contributed by atoms with E-state index in [1.807, 2.05) is 72.8 Å². The number of halogens is 1. The Morgan fingerprint density at radius 1 is 0.844 bits per heavy atom. The van der Waals surface area contributed by atoms with Crippen LogP contribution in [0.4, 0.5) is 0 Å². The smallest absolute Gasteiger partial charge is 0.356 e. The fourth-order valence-corrected chi connectivity index (χ4v) is 3.59. The number of carbonyl (C=O) groups is 1. The third kappa shape index (κ3) is 3.91. The Hall–Kier alpha value is -4.16. The summed E-state index contributed by atoms with van der Waals surface area (Å²) in [6.07, 6.45) is 0. The van der Waals surface area contributed by atoms with E-state index in [0.29, 0.717) is 27.8 Å². The number of carboxylic acids is 1. The van der Waals surface area contributed by atoms with Crippen molar-refractivity contribution in [3.05, 3.63) is 102 Å². The molecule has 0 amide bonds. The molecule has 2 aromatic heterocycles. The molecule has 5 rings (SSSR count). The van der Waals surface area contributed by atoms with Gasteiger partial charge in [0.05, 0.1) is 11.4 Å². The first-order valence-electron chi connectivity index (χ1n) is 9.80. The summed E-state index contributed by atoms with van der Waals surface area (Å²) in [5, 5.41) is 14.2. The Bertz CT molecular complexity index is 1430. The van der Waals surface area contributed by atoms with Gasteiger partial charge in [0, 0.05) is 22.2 Å². The molecule has 0 saturated carbocycles. The SMILES string of the molecule is O=C(O)c1cc2nc(-c3ccc(Oc4ccccc4)cc3)cc(-c3cccc(Cl)c3)n2n1. The van der Waals surface area contributed by atoms with Crippen LogP contribution in [0.25, 0.3) is 28.2 Å². The van der Waals surface area contributed by atoms with E-state index < -0.39 is 5.97 Å². The van der Waals surface area contributed by atoms with E-state index >= 15 is 0 Å². The molecule has 0 unspecified atom stereocenters. The van der Waals surface area contributed by atoms with Crippen LogP contribution in [0.1, 0.15) is 10.5 Å². The molecule has 7 heteroatoms. The highest BCUT2D eigenvalue weighted by Gasteiger charge is 2.16. The molecule has 32 heavy (non-hydrogen) atoms. The van der Waals surface area contributed by atoms with Gasteiger partial charge in [-0.25, -0.2) is 14.3 Å². The highest BCUT2D eigenvalue weighted by molar-refractivity contribution is 6.30. The molecule has 2 heterocycles. The van der Waals surface area contributed by atoms with Gasteiger partial charge >= 0.3 is 5.97 Å². The fourth-order valence-electron chi connectivity index (χ4n) is 3.40. The standard InChI is InChI=1S/C25H16ClN3O3/c26-18-6-4-5-17(13-18)23-14-21(27-24-15-22(25(30)31)28-29(23)24)16-9-11-20(12-10-16)32-19-7-2-1-3-8-19/h1-15H,(H,30,31). The van der Waals surface area contributed by atoms with Gasteiger partial charge in [-0.1, -0.05) is 41.9 Å². The molecular formula is C25H16ClN3O3. The number of aromatic carboxylic acids is 1. The second-order valence-corrected chi connectivity index (χ2v) is 7.52. The zero-order chi connectivity index (χ0) is 22.1. The quantitative estimate of drug-likeness (QED) is 0.351. The van der Waals surface area contributed by atoms with Gasteiger partial charge in [0.15, 0.2) is 11.3 Å². The van der Waals surface area contributed by atoms with E-state index in [4.69, 9.17) is 16.3 Å². The summed E-state index contributed by atoms with van der Waals surface area (Å²) in [6.45, 7) is 0. The maximum atomic E-state index is 11.5. The molecule has 0 atom stereocenters. The first-order valence-corrected chi connectivity index (χ1v) is 10.2. The van der Waals surface area contributed by atoms with Crippen LogP contribution in [-0.2, 0) is 0 Å². The summed E-state index contributed by atoms with van der Waals surface area (Å²) in [4.78, 5) is 16.1. The van der Waals surface area contributed by atoms with Gasteiger partial charge in [-0.05, 0) is 54.6 Å². The summed E-state index contributed by atoms with van der Waals surface area (Å²) < 4.78 is 7.38. The van der Waals surface area contributed by atoms with Gasteiger partial charge < -0.3 is 9.84 Å². The van der Waals surface area contributed by atoms with Crippen molar-refractivity contribution in [3.63, 3.8) is 0 Å². The molecule has 0 saturated heterocycles. The second kappa shape index (κ2) is 8.17. The predicted octanol–water partition coefficient (Wildman–Crippen LogP) is 6.21. The van der Waals surface area contributed by atoms with Crippen LogP contribution in [0.3, 0.4) is 0 Å². The number of hydrogen-bond donors (Lipinski definition) is 1. The molecule has 0 aliphatic heterocycles. The van der Waals surface area contributed by atoms with Crippen molar-refractivity contribution in [1.29, 1.82) is 0 Å². The van der Waals surface area contributed by atoms with Gasteiger partial charge in [-0.2, -0.15) is 5.10 Å². The van der Waals surface area contributed by atoms with E-state index in [0.717, 1.165) is 16.9 Å². The van der Waals surface area contributed by atoms with E-state index in [-0.39, 0.29) is 5.69 Å². The van der Waals surface area contributed by atoms with Crippen molar-refractivity contribution >= 4 is 23.2 Å². The normalized spacial score (nSPS) is 10.9. The van der Waals surface area contributed by atoms with Crippen LogP contribution >= 0.6 is 11.6 Å². The lowest BCUT2D eigenvalue weighted by molar-refractivity contribution is 0.0690. The average Bonchev–Trinajstić information content (AvgIpc) is 3.24. The number of para-hydroxylation sites is 1. The molecule has 0 spiro atoms. The molecule has 0 aliphatic carbocycles. The van der Waals surface area contributed by atoms with E-state index in [2.05, 4.69) is 10.1 Å². The topological polar surface area (TPSA) is 76.7 Å². The Labute approximate surface area is 188 Å². The predicted molar refractivity (Wildman–Crippen MR) is 122 cm³/mol. The minimum atomic E-state index is -1.11. The van der Waals surface area contributed by atoms with Gasteiger partial charge in [-0.3, -0.25) is 0 Å². The Balaban J connectivity index is 1.58. The molecule has 0 aliphatic rings. The number of fused-ring (bicyclic) bond motifs is 1. The van der Waals surface area contributed by atoms with Crippen LogP contribution < -0.4 is 4.74 Å². The zero-order valence-electron chi connectivity index (χ0n) is 16.6. The summed E-state index contributed by atoms with van der Waals surface area (Å²) in [6, 6.07) is 27.7. The first kappa shape index (κ1) is 19.8. The molecule has 6 nitrogen and oxygen atoms in total. The molecule has 5 aromatic rings. The van der Waals surface area contributed by atoms with E-state index in [9.17, 15) is 9.90 Å². The highest BCUT2D eigenvalue weighted by atomic mass is 35.5. The van der Waals surface area contributed by atoms with Crippen LogP contribution in [0, 0.1) is 0 Å². The monoisotopic (exact) mass is 441 g/mol. The minimum Gasteiger partial charge on any atom is -0.476 e. The van der Waals surface area contributed by atoms with E-state index in [1.165, 1.54) is 10.6 Å². The number of benzene rings is 3. The Morgan fingerprint density at radius 3 is 2.31 bits per heavy atom. The number of rotatable bonds is 5. The number of ether oxygens (including phenoxy) is 1. The molecule has 3 aromatic carbocycles. The van der Waals surface area contributed by atoms with Crippen molar-refractivity contribution in [2.75, 3.05) is 0 Å². The average molecular weight is 442 g/mol. The lowest BCUT2D eigenvalue weighted by Gasteiger charge is -2.10. The summed E-state index contributed by atoms with van der Waals surface area (Å²) in [5.41, 5.74) is 3.37. The van der Waals surface area contributed by atoms with Crippen molar-refractivity contribution < 1.29 is 14.6 Å². The van der Waals surface area contributed by atoms with Crippen LogP contribution in [0.15, 0.2) is 91.0 Å². The Kier molecular flexibility index (Phi) is 5.05. The third-order valence-corrected chi connectivity index (χ3v) is 5.13. The van der Waals surface area contributed by atoms with Crippen LogP contribution in [-0.4, -0.2) is 25.7 Å². The number of hydrogen-bond acceptors (Lipinski definition) is 4. The van der Waals surface area contributed by atoms with Gasteiger partial charge in [0.25, 0.3) is 0 Å². The van der Waals surface area contributed by atoms with Crippen molar-refractivity contribution in [1.82, 2.24) is 14.6 Å². The van der Waals surface area contributed by atoms with Gasteiger partial charge in [0.1, 0.15) is 11.5 Å². The van der Waals surface area contributed by atoms with Gasteiger partial charge in [0.2, 0.25) is 0 Å². The molecule has 0 bridgehead atoms. The summed E-state index contributed by atoms with van der Waals surface area (Å²) >= 11 is 6.19. The second-order valence-electron chi connectivity index (χ2n) is 7.08. The highest BCUT2D eigenvalue weighted by Crippen LogP contribution is 2.30. The lowest BCUT2D eigenvalue weighted by atomic mass is 10.1.